The summed E-state index contributed by atoms with van der Waals surface area (Å²) in [4.78, 5) is 28.3. The fourth-order valence-corrected chi connectivity index (χ4v) is 5.00. The summed E-state index contributed by atoms with van der Waals surface area (Å²) in [6.45, 7) is 1.85. The largest absolute Gasteiger partial charge is 0.335 e. The van der Waals surface area contributed by atoms with Crippen molar-refractivity contribution in [3.8, 4) is 0 Å². The maximum absolute atomic E-state index is 14.6. The molecule has 2 fully saturated rings. The Hall–Kier alpha value is -3.26. The third-order valence-electron chi connectivity index (χ3n) is 7.05. The number of hydrogen-bond acceptors (Lipinski definition) is 3. The first-order valence-corrected chi connectivity index (χ1v) is 12.3. The van der Waals surface area contributed by atoms with Gasteiger partial charge in [0.2, 0.25) is 5.91 Å². The van der Waals surface area contributed by atoms with Crippen LogP contribution in [-0.2, 0) is 4.79 Å². The van der Waals surface area contributed by atoms with E-state index in [-0.39, 0.29) is 36.0 Å². The van der Waals surface area contributed by atoms with E-state index in [0.29, 0.717) is 5.57 Å². The van der Waals surface area contributed by atoms with Gasteiger partial charge in [0, 0.05) is 18.2 Å². The average Bonchev–Trinajstić information content (AvgIpc) is 3.62. The van der Waals surface area contributed by atoms with Crippen molar-refractivity contribution < 1.29 is 18.4 Å². The lowest BCUT2D eigenvalue weighted by Crippen LogP contribution is -2.54. The number of nitrogens with one attached hydrogen (secondary N) is 3. The Morgan fingerprint density at radius 3 is 2.46 bits per heavy atom. The molecule has 1 saturated heterocycles. The van der Waals surface area contributed by atoms with Crippen LogP contribution >= 0.6 is 0 Å². The molecule has 3 N–H and O–H groups in total. The van der Waals surface area contributed by atoms with Crippen LogP contribution < -0.4 is 16.0 Å². The summed E-state index contributed by atoms with van der Waals surface area (Å²) in [6, 6.07) is 11.5. The smallest absolute Gasteiger partial charge is 0.315 e. The molecule has 0 radical (unpaired) electrons. The Bertz CT molecular complexity index is 1110. The molecule has 1 saturated carbocycles. The molecule has 2 heterocycles. The lowest BCUT2D eigenvalue weighted by atomic mass is 10.0. The van der Waals surface area contributed by atoms with Gasteiger partial charge in [-0.2, -0.15) is 0 Å². The Balaban J connectivity index is 1.38. The SMILES string of the molecule is O=C(NC1CCNCC1)N[C@H](C(=O)N1CC(c2cc(F)ccc2F)=C[C@H]1c1ccccc1)C1CC1. The van der Waals surface area contributed by atoms with Crippen LogP contribution in [0.4, 0.5) is 13.6 Å². The summed E-state index contributed by atoms with van der Waals surface area (Å²) in [5.41, 5.74) is 1.58. The molecule has 1 aliphatic carbocycles. The van der Waals surface area contributed by atoms with Crippen LogP contribution in [0.5, 0.6) is 0 Å². The van der Waals surface area contributed by atoms with Gasteiger partial charge in [-0.3, -0.25) is 4.79 Å². The Morgan fingerprint density at radius 2 is 1.74 bits per heavy atom. The molecule has 8 heteroatoms. The van der Waals surface area contributed by atoms with E-state index >= 15 is 0 Å². The second-order valence-corrected chi connectivity index (χ2v) is 9.59. The molecule has 0 unspecified atom stereocenters. The molecule has 3 aliphatic rings. The molecule has 2 aromatic carbocycles. The number of hydrogen-bond donors (Lipinski definition) is 3. The molecule has 6 nitrogen and oxygen atoms in total. The highest BCUT2D eigenvalue weighted by molar-refractivity contribution is 5.90. The molecule has 3 amide bonds. The van der Waals surface area contributed by atoms with Crippen LogP contribution in [0.1, 0.15) is 42.9 Å². The molecule has 184 valence electrons. The van der Waals surface area contributed by atoms with Crippen LogP contribution in [0.25, 0.3) is 5.57 Å². The molecule has 5 rings (SSSR count). The zero-order valence-electron chi connectivity index (χ0n) is 19.5. The predicted octanol–water partition coefficient (Wildman–Crippen LogP) is 3.76. The van der Waals surface area contributed by atoms with Gasteiger partial charge in [0.25, 0.3) is 0 Å². The molecule has 0 aromatic heterocycles. The Labute approximate surface area is 203 Å². The third-order valence-corrected chi connectivity index (χ3v) is 7.05. The molecular formula is C27H30F2N4O2. The number of piperidine rings is 1. The van der Waals surface area contributed by atoms with E-state index in [1.807, 2.05) is 36.4 Å². The first-order valence-electron chi connectivity index (χ1n) is 12.3. The highest BCUT2D eigenvalue weighted by Gasteiger charge is 2.43. The first-order chi connectivity index (χ1) is 17.0. The first kappa shape index (κ1) is 23.5. The third kappa shape index (κ3) is 5.37. The number of benzene rings is 2. The average molecular weight is 481 g/mol. The van der Waals surface area contributed by atoms with Crippen LogP contribution in [0, 0.1) is 17.6 Å². The summed E-state index contributed by atoms with van der Waals surface area (Å²) in [7, 11) is 0. The van der Waals surface area contributed by atoms with Crippen molar-refractivity contribution >= 4 is 17.5 Å². The number of urea groups is 1. The summed E-state index contributed by atoms with van der Waals surface area (Å²) in [5.74, 6) is -1.19. The van der Waals surface area contributed by atoms with Crippen molar-refractivity contribution in [1.29, 1.82) is 0 Å². The van der Waals surface area contributed by atoms with E-state index < -0.39 is 23.7 Å². The second kappa shape index (κ2) is 10.2. The minimum atomic E-state index is -0.659. The van der Waals surface area contributed by atoms with Crippen LogP contribution in [0.2, 0.25) is 0 Å². The van der Waals surface area contributed by atoms with Gasteiger partial charge in [0.15, 0.2) is 0 Å². The van der Waals surface area contributed by atoms with Gasteiger partial charge in [-0.25, -0.2) is 13.6 Å². The lowest BCUT2D eigenvalue weighted by molar-refractivity contribution is -0.134. The quantitative estimate of drug-likeness (QED) is 0.590. The van der Waals surface area contributed by atoms with Crippen molar-refractivity contribution in [1.82, 2.24) is 20.9 Å². The van der Waals surface area contributed by atoms with E-state index in [9.17, 15) is 18.4 Å². The van der Waals surface area contributed by atoms with E-state index in [2.05, 4.69) is 16.0 Å². The zero-order chi connectivity index (χ0) is 24.4. The number of rotatable bonds is 6. The number of amides is 3. The van der Waals surface area contributed by atoms with Gasteiger partial charge in [0.1, 0.15) is 17.7 Å². The van der Waals surface area contributed by atoms with Gasteiger partial charge in [-0.1, -0.05) is 36.4 Å². The summed E-state index contributed by atoms with van der Waals surface area (Å²) in [5, 5.41) is 9.20. The topological polar surface area (TPSA) is 73.5 Å². The van der Waals surface area contributed by atoms with E-state index in [1.165, 1.54) is 6.07 Å². The van der Waals surface area contributed by atoms with E-state index in [4.69, 9.17) is 0 Å². The maximum atomic E-state index is 14.6. The minimum absolute atomic E-state index is 0.0765. The van der Waals surface area contributed by atoms with Crippen molar-refractivity contribution in [2.75, 3.05) is 19.6 Å². The van der Waals surface area contributed by atoms with Crippen molar-refractivity contribution in [3.63, 3.8) is 0 Å². The summed E-state index contributed by atoms with van der Waals surface area (Å²) in [6.07, 6.45) is 5.26. The number of carbonyl (C=O) groups is 2. The fourth-order valence-electron chi connectivity index (χ4n) is 5.00. The normalized spacial score (nSPS) is 21.4. The Morgan fingerprint density at radius 1 is 1.00 bits per heavy atom. The zero-order valence-corrected chi connectivity index (χ0v) is 19.5. The van der Waals surface area contributed by atoms with Gasteiger partial charge in [-0.15, -0.1) is 0 Å². The monoisotopic (exact) mass is 480 g/mol. The minimum Gasteiger partial charge on any atom is -0.335 e. The van der Waals surface area contributed by atoms with Crippen LogP contribution in [0.15, 0.2) is 54.6 Å². The molecule has 0 spiro atoms. The molecule has 0 bridgehead atoms. The van der Waals surface area contributed by atoms with Gasteiger partial charge in [0.05, 0.1) is 6.04 Å². The van der Waals surface area contributed by atoms with E-state index in [1.54, 1.807) is 4.90 Å². The molecule has 2 aliphatic heterocycles. The lowest BCUT2D eigenvalue weighted by Gasteiger charge is -2.31. The van der Waals surface area contributed by atoms with Gasteiger partial charge in [-0.05, 0) is 74.0 Å². The molecule has 35 heavy (non-hydrogen) atoms. The van der Waals surface area contributed by atoms with Crippen LogP contribution in [0.3, 0.4) is 0 Å². The molecule has 2 aromatic rings. The highest BCUT2D eigenvalue weighted by Crippen LogP contribution is 2.39. The molecule has 2 atom stereocenters. The van der Waals surface area contributed by atoms with Crippen molar-refractivity contribution in [2.24, 2.45) is 5.92 Å². The summed E-state index contributed by atoms with van der Waals surface area (Å²) >= 11 is 0. The number of carbonyl (C=O) groups excluding carboxylic acids is 2. The Kier molecular flexibility index (Phi) is 6.81. The molecular weight excluding hydrogens is 450 g/mol. The highest BCUT2D eigenvalue weighted by atomic mass is 19.1. The van der Waals surface area contributed by atoms with E-state index in [0.717, 1.165) is 56.5 Å². The number of halogens is 2. The maximum Gasteiger partial charge on any atom is 0.315 e. The number of nitrogens with zero attached hydrogens (tertiary/aromatic N) is 1. The van der Waals surface area contributed by atoms with Crippen molar-refractivity contribution in [3.05, 3.63) is 77.4 Å². The second-order valence-electron chi connectivity index (χ2n) is 9.59. The van der Waals surface area contributed by atoms with Crippen LogP contribution in [-0.4, -0.2) is 48.6 Å². The predicted molar refractivity (Wildman–Crippen MR) is 129 cm³/mol. The van der Waals surface area contributed by atoms with Gasteiger partial charge >= 0.3 is 6.03 Å². The summed E-state index contributed by atoms with van der Waals surface area (Å²) < 4.78 is 28.5. The van der Waals surface area contributed by atoms with Crippen molar-refractivity contribution in [2.45, 2.75) is 43.8 Å². The standard InChI is InChI=1S/C27H30F2N4O2/c28-20-8-9-23(29)22(15-20)19-14-24(17-4-2-1-3-5-17)33(16-19)26(34)25(18-6-7-18)32-27(35)31-21-10-12-30-13-11-21/h1-5,8-9,14-15,18,21,24-25,30H,6-7,10-13,16H2,(H2,31,32,35)/t24-,25-/m0/s1. The fraction of sp³-hybridized carbons (Fsp3) is 0.407. The van der Waals surface area contributed by atoms with Gasteiger partial charge < -0.3 is 20.9 Å².